The minimum absolute atomic E-state index is 0.00229. The fourth-order valence-corrected chi connectivity index (χ4v) is 2.00. The molecule has 0 saturated carbocycles. The molecule has 0 aliphatic rings. The quantitative estimate of drug-likeness (QED) is 0.452. The van der Waals surface area contributed by atoms with Crippen molar-refractivity contribution in [1.82, 2.24) is 0 Å². The van der Waals surface area contributed by atoms with Crippen LogP contribution in [-0.2, 0) is 9.53 Å². The number of halogens is 3. The van der Waals surface area contributed by atoms with Crippen molar-refractivity contribution < 1.29 is 32.3 Å². The Hall–Kier alpha value is -3.42. The Kier molecular flexibility index (Phi) is 6.48. The highest BCUT2D eigenvalue weighted by Gasteiger charge is 2.36. The Labute approximate surface area is 152 Å². The SMILES string of the molecule is O=C(COC(=O)c1ccccc1NC=CC(=O)C(F)(F)F)c1ccccc1. The fraction of sp³-hybridized carbons (Fsp3) is 0.105. The molecule has 2 aromatic carbocycles. The van der Waals surface area contributed by atoms with Crippen molar-refractivity contribution in [2.75, 3.05) is 11.9 Å². The van der Waals surface area contributed by atoms with Gasteiger partial charge in [-0.15, -0.1) is 0 Å². The highest BCUT2D eigenvalue weighted by Crippen LogP contribution is 2.18. The van der Waals surface area contributed by atoms with Crippen molar-refractivity contribution >= 4 is 23.2 Å². The van der Waals surface area contributed by atoms with Crippen LogP contribution in [0.15, 0.2) is 66.9 Å². The summed E-state index contributed by atoms with van der Waals surface area (Å²) in [6, 6.07) is 14.1. The third-order valence-corrected chi connectivity index (χ3v) is 3.33. The van der Waals surface area contributed by atoms with Gasteiger partial charge in [-0.1, -0.05) is 42.5 Å². The second-order valence-corrected chi connectivity index (χ2v) is 5.25. The summed E-state index contributed by atoms with van der Waals surface area (Å²) in [7, 11) is 0. The van der Waals surface area contributed by atoms with Gasteiger partial charge in [-0.2, -0.15) is 13.2 Å². The molecule has 0 radical (unpaired) electrons. The molecule has 140 valence electrons. The summed E-state index contributed by atoms with van der Waals surface area (Å²) >= 11 is 0. The van der Waals surface area contributed by atoms with E-state index in [9.17, 15) is 27.6 Å². The number of benzene rings is 2. The molecule has 0 aliphatic heterocycles. The summed E-state index contributed by atoms with van der Waals surface area (Å²) in [5.41, 5.74) is 0.508. The van der Waals surface area contributed by atoms with Crippen molar-refractivity contribution in [2.45, 2.75) is 6.18 Å². The summed E-state index contributed by atoms with van der Waals surface area (Å²) < 4.78 is 41.5. The minimum atomic E-state index is -4.98. The van der Waals surface area contributed by atoms with Gasteiger partial charge in [-0.25, -0.2) is 4.79 Å². The summed E-state index contributed by atoms with van der Waals surface area (Å²) in [4.78, 5) is 34.9. The highest BCUT2D eigenvalue weighted by atomic mass is 19.4. The van der Waals surface area contributed by atoms with E-state index in [0.29, 0.717) is 11.6 Å². The van der Waals surface area contributed by atoms with Crippen LogP contribution in [0.1, 0.15) is 20.7 Å². The van der Waals surface area contributed by atoms with E-state index in [0.717, 1.165) is 6.20 Å². The number of rotatable bonds is 7. The standard InChI is InChI=1S/C19H14F3NO4/c20-19(21,22)17(25)10-11-23-15-9-5-4-8-14(15)18(26)27-12-16(24)13-6-2-1-3-7-13/h1-11,23H,12H2. The van der Waals surface area contributed by atoms with E-state index in [1.807, 2.05) is 0 Å². The number of carbonyl (C=O) groups excluding carboxylic acids is 3. The molecule has 2 aromatic rings. The number of allylic oxidation sites excluding steroid dienone is 1. The Balaban J connectivity index is 2.02. The lowest BCUT2D eigenvalue weighted by Gasteiger charge is -2.09. The van der Waals surface area contributed by atoms with Crippen LogP contribution in [0.5, 0.6) is 0 Å². The van der Waals surface area contributed by atoms with Gasteiger partial charge < -0.3 is 10.1 Å². The van der Waals surface area contributed by atoms with Crippen LogP contribution in [-0.4, -0.2) is 30.3 Å². The topological polar surface area (TPSA) is 72.5 Å². The molecule has 0 spiro atoms. The number of nitrogens with one attached hydrogen (secondary N) is 1. The van der Waals surface area contributed by atoms with E-state index in [1.54, 1.807) is 30.3 Å². The van der Waals surface area contributed by atoms with Gasteiger partial charge in [0.15, 0.2) is 12.4 Å². The van der Waals surface area contributed by atoms with Gasteiger partial charge in [0.2, 0.25) is 0 Å². The molecule has 0 atom stereocenters. The van der Waals surface area contributed by atoms with E-state index in [-0.39, 0.29) is 11.3 Å². The Morgan fingerprint density at radius 3 is 2.26 bits per heavy atom. The van der Waals surface area contributed by atoms with Gasteiger partial charge in [0, 0.05) is 17.8 Å². The third-order valence-electron chi connectivity index (χ3n) is 3.33. The molecule has 0 amide bonds. The van der Waals surface area contributed by atoms with Crippen molar-refractivity contribution in [1.29, 1.82) is 0 Å². The lowest BCUT2D eigenvalue weighted by molar-refractivity contribution is -0.165. The number of Topliss-reactive ketones (excluding diaryl/α,β-unsaturated/α-hetero) is 1. The maximum Gasteiger partial charge on any atom is 0.454 e. The summed E-state index contributed by atoms with van der Waals surface area (Å²) in [6.45, 7) is -0.487. The molecule has 0 fully saturated rings. The highest BCUT2D eigenvalue weighted by molar-refractivity contribution is 6.01. The number of ketones is 2. The summed E-state index contributed by atoms with van der Waals surface area (Å²) in [5, 5.41) is 2.43. The van der Waals surface area contributed by atoms with Crippen LogP contribution in [0.25, 0.3) is 0 Å². The van der Waals surface area contributed by atoms with E-state index in [4.69, 9.17) is 4.74 Å². The minimum Gasteiger partial charge on any atom is -0.454 e. The Morgan fingerprint density at radius 1 is 0.963 bits per heavy atom. The monoisotopic (exact) mass is 377 g/mol. The van der Waals surface area contributed by atoms with E-state index in [2.05, 4.69) is 5.32 Å². The molecule has 27 heavy (non-hydrogen) atoms. The van der Waals surface area contributed by atoms with E-state index >= 15 is 0 Å². The number of alkyl halides is 3. The third kappa shape index (κ3) is 5.81. The second-order valence-electron chi connectivity index (χ2n) is 5.25. The van der Waals surface area contributed by atoms with Crippen LogP contribution < -0.4 is 5.32 Å². The van der Waals surface area contributed by atoms with Gasteiger partial charge in [0.1, 0.15) is 0 Å². The van der Waals surface area contributed by atoms with Crippen LogP contribution in [0.3, 0.4) is 0 Å². The number of hydrogen-bond donors (Lipinski definition) is 1. The first-order valence-electron chi connectivity index (χ1n) is 7.67. The molecule has 1 N–H and O–H groups in total. The van der Waals surface area contributed by atoms with E-state index in [1.165, 1.54) is 24.3 Å². The number of hydrogen-bond acceptors (Lipinski definition) is 5. The molecule has 0 unspecified atom stereocenters. The largest absolute Gasteiger partial charge is 0.454 e. The van der Waals surface area contributed by atoms with Crippen LogP contribution in [0.2, 0.25) is 0 Å². The van der Waals surface area contributed by atoms with Gasteiger partial charge in [-0.3, -0.25) is 9.59 Å². The molecule has 0 aromatic heterocycles. The average molecular weight is 377 g/mol. The molecular formula is C19H14F3NO4. The predicted octanol–water partition coefficient (Wildman–Crippen LogP) is 3.78. The van der Waals surface area contributed by atoms with Crippen molar-refractivity contribution in [3.63, 3.8) is 0 Å². The number of ether oxygens (including phenoxy) is 1. The molecule has 8 heteroatoms. The number of anilines is 1. The molecule has 0 bridgehead atoms. The first-order valence-corrected chi connectivity index (χ1v) is 7.67. The number of esters is 1. The maximum atomic E-state index is 12.2. The van der Waals surface area contributed by atoms with Crippen LogP contribution in [0, 0.1) is 0 Å². The predicted molar refractivity (Wildman–Crippen MR) is 91.3 cm³/mol. The fourth-order valence-electron chi connectivity index (χ4n) is 2.00. The maximum absolute atomic E-state index is 12.2. The van der Waals surface area contributed by atoms with Crippen molar-refractivity contribution in [2.24, 2.45) is 0 Å². The Morgan fingerprint density at radius 2 is 1.59 bits per heavy atom. The smallest absolute Gasteiger partial charge is 0.454 e. The van der Waals surface area contributed by atoms with Crippen molar-refractivity contribution in [3.05, 3.63) is 78.0 Å². The molecule has 0 saturated heterocycles. The van der Waals surface area contributed by atoms with Gasteiger partial charge in [0.05, 0.1) is 11.3 Å². The lowest BCUT2D eigenvalue weighted by Crippen LogP contribution is -2.20. The van der Waals surface area contributed by atoms with Gasteiger partial charge in [-0.05, 0) is 12.1 Å². The zero-order chi connectivity index (χ0) is 19.9. The Bertz CT molecular complexity index is 861. The first-order chi connectivity index (χ1) is 12.8. The lowest BCUT2D eigenvalue weighted by atomic mass is 10.1. The molecule has 0 aliphatic carbocycles. The summed E-state index contributed by atoms with van der Waals surface area (Å²) in [6.07, 6.45) is -3.90. The molecule has 0 heterocycles. The normalized spacial score (nSPS) is 11.2. The van der Waals surface area contributed by atoms with Crippen molar-refractivity contribution in [3.8, 4) is 0 Å². The van der Waals surface area contributed by atoms with E-state index < -0.39 is 30.3 Å². The first kappa shape index (κ1) is 19.9. The zero-order valence-electron chi connectivity index (χ0n) is 13.8. The van der Waals surface area contributed by atoms with Gasteiger partial charge in [0.25, 0.3) is 5.78 Å². The number of carbonyl (C=O) groups is 3. The molecular weight excluding hydrogens is 363 g/mol. The summed E-state index contributed by atoms with van der Waals surface area (Å²) in [5.74, 6) is -3.27. The molecule has 5 nitrogen and oxygen atoms in total. The zero-order valence-corrected chi connectivity index (χ0v) is 13.8. The van der Waals surface area contributed by atoms with Crippen LogP contribution >= 0.6 is 0 Å². The average Bonchev–Trinajstić information content (AvgIpc) is 2.66. The van der Waals surface area contributed by atoms with Gasteiger partial charge >= 0.3 is 12.1 Å². The number of para-hydroxylation sites is 1. The second kappa shape index (κ2) is 8.79. The molecule has 2 rings (SSSR count). The van der Waals surface area contributed by atoms with Crippen LogP contribution in [0.4, 0.5) is 18.9 Å².